The highest BCUT2D eigenvalue weighted by Gasteiger charge is 2.59. The molecule has 2 aromatic rings. The Balaban J connectivity index is 0.000000454. The van der Waals surface area contributed by atoms with E-state index in [0.29, 0.717) is 18.5 Å². The van der Waals surface area contributed by atoms with Crippen molar-refractivity contribution in [2.75, 3.05) is 11.1 Å². The smallest absolute Gasteiger partial charge is 0.475 e. The number of halogens is 7. The van der Waals surface area contributed by atoms with Gasteiger partial charge in [0.1, 0.15) is 11.6 Å². The number of amides is 2. The van der Waals surface area contributed by atoms with Gasteiger partial charge in [-0.25, -0.2) is 19.0 Å². The number of fused-ring (bicyclic) bond motifs is 1. The van der Waals surface area contributed by atoms with Crippen LogP contribution in [0.3, 0.4) is 0 Å². The SMILES string of the molecule is Nc1cccc(Cc2cc3c(cc2F)C(C#CC2CC2)(C(F)(F)F)NC(=O)N3)n1.O=C(O)C(F)(F)F. The first-order chi connectivity index (χ1) is 16.6. The highest BCUT2D eigenvalue weighted by Crippen LogP contribution is 2.45. The largest absolute Gasteiger partial charge is 0.490 e. The lowest BCUT2D eigenvalue weighted by molar-refractivity contribution is -0.192. The molecule has 7 nitrogen and oxygen atoms in total. The van der Waals surface area contributed by atoms with E-state index in [1.165, 1.54) is 6.07 Å². The van der Waals surface area contributed by atoms with Gasteiger partial charge in [0, 0.05) is 29.3 Å². The number of urea groups is 1. The summed E-state index contributed by atoms with van der Waals surface area (Å²) in [7, 11) is 0. The van der Waals surface area contributed by atoms with E-state index in [4.69, 9.17) is 15.6 Å². The van der Waals surface area contributed by atoms with Crippen molar-refractivity contribution in [3.8, 4) is 11.8 Å². The first kappa shape index (κ1) is 26.6. The van der Waals surface area contributed by atoms with E-state index in [1.807, 2.05) is 5.32 Å². The normalized spacial score (nSPS) is 18.9. The number of hydrogen-bond donors (Lipinski definition) is 4. The van der Waals surface area contributed by atoms with Crippen LogP contribution in [-0.4, -0.2) is 34.4 Å². The van der Waals surface area contributed by atoms with Crippen LogP contribution in [0, 0.1) is 23.6 Å². The number of alkyl halides is 6. The maximum Gasteiger partial charge on any atom is 0.490 e. The summed E-state index contributed by atoms with van der Waals surface area (Å²) in [5, 5.41) is 11.3. The fourth-order valence-electron chi connectivity index (χ4n) is 3.18. The fraction of sp³-hybridized carbons (Fsp3) is 0.318. The lowest BCUT2D eigenvalue weighted by Crippen LogP contribution is -2.59. The third-order valence-corrected chi connectivity index (χ3v) is 5.05. The van der Waals surface area contributed by atoms with Gasteiger partial charge in [-0.1, -0.05) is 17.9 Å². The summed E-state index contributed by atoms with van der Waals surface area (Å²) < 4.78 is 88.7. The first-order valence-electron chi connectivity index (χ1n) is 10.2. The van der Waals surface area contributed by atoms with Crippen molar-refractivity contribution in [3.05, 3.63) is 53.0 Å². The van der Waals surface area contributed by atoms with Crippen LogP contribution >= 0.6 is 0 Å². The van der Waals surface area contributed by atoms with Crippen molar-refractivity contribution in [1.29, 1.82) is 0 Å². The molecule has 1 aromatic carbocycles. The predicted octanol–water partition coefficient (Wildman–Crippen LogP) is 4.33. The van der Waals surface area contributed by atoms with Crippen LogP contribution in [0.1, 0.15) is 29.7 Å². The van der Waals surface area contributed by atoms with Gasteiger partial charge in [-0.3, -0.25) is 0 Å². The van der Waals surface area contributed by atoms with Gasteiger partial charge < -0.3 is 21.5 Å². The zero-order valence-electron chi connectivity index (χ0n) is 18.0. The average Bonchev–Trinajstić information content (AvgIpc) is 3.56. The van der Waals surface area contributed by atoms with Gasteiger partial charge >= 0.3 is 24.4 Å². The van der Waals surface area contributed by atoms with Gasteiger partial charge in [0.2, 0.25) is 5.54 Å². The van der Waals surface area contributed by atoms with Crippen LogP contribution in [0.4, 0.5) is 47.0 Å². The molecule has 1 atom stereocenters. The Morgan fingerprint density at radius 2 is 1.83 bits per heavy atom. The summed E-state index contributed by atoms with van der Waals surface area (Å²) in [4.78, 5) is 25.0. The predicted molar refractivity (Wildman–Crippen MR) is 112 cm³/mol. The molecule has 1 aliphatic carbocycles. The lowest BCUT2D eigenvalue weighted by atomic mass is 9.85. The van der Waals surface area contributed by atoms with Crippen molar-refractivity contribution >= 4 is 23.5 Å². The number of carbonyl (C=O) groups excluding carboxylic acids is 1. The van der Waals surface area contributed by atoms with Gasteiger partial charge in [-0.15, -0.1) is 0 Å². The molecule has 0 radical (unpaired) electrons. The van der Waals surface area contributed by atoms with E-state index in [9.17, 15) is 35.5 Å². The van der Waals surface area contributed by atoms with Gasteiger partial charge in [-0.2, -0.15) is 26.3 Å². The molecule has 1 saturated carbocycles. The van der Waals surface area contributed by atoms with E-state index < -0.39 is 41.3 Å². The topological polar surface area (TPSA) is 117 Å². The summed E-state index contributed by atoms with van der Waals surface area (Å²) >= 11 is 0. The van der Waals surface area contributed by atoms with Crippen LogP contribution in [0.15, 0.2) is 30.3 Å². The second-order valence-corrected chi connectivity index (χ2v) is 7.89. The number of carboxylic acids is 1. The molecule has 1 fully saturated rings. The summed E-state index contributed by atoms with van der Waals surface area (Å²) in [6.45, 7) is 0. The Morgan fingerprint density at radius 1 is 1.19 bits per heavy atom. The van der Waals surface area contributed by atoms with Gasteiger partial charge in [-0.05, 0) is 42.7 Å². The number of hydrogen-bond acceptors (Lipinski definition) is 4. The zero-order chi connectivity index (χ0) is 26.9. The highest BCUT2D eigenvalue weighted by atomic mass is 19.4. The Bertz CT molecular complexity index is 1250. The standard InChI is InChI=1S/C20H16F4N4O.C2HF3O2/c21-15-10-14-16(9-12(15)8-13-2-1-3-17(25)26-13)27-18(29)28-19(14,20(22,23)24)7-6-11-4-5-11;3-2(4,5)1(6)7/h1-3,9-11H,4-5,8H2,(H2,25,26)(H2,27,28,29);(H,6,7). The number of nitrogens with zero attached hydrogens (tertiary/aromatic N) is 1. The van der Waals surface area contributed by atoms with Crippen LogP contribution < -0.4 is 16.4 Å². The number of carboxylic acid groups (broad SMARTS) is 1. The Kier molecular flexibility index (Phi) is 7.06. The molecule has 36 heavy (non-hydrogen) atoms. The summed E-state index contributed by atoms with van der Waals surface area (Å²) in [6.07, 6.45) is -8.61. The minimum Gasteiger partial charge on any atom is -0.475 e. The lowest BCUT2D eigenvalue weighted by Gasteiger charge is -2.37. The molecule has 2 heterocycles. The second-order valence-electron chi connectivity index (χ2n) is 7.89. The zero-order valence-corrected chi connectivity index (χ0v) is 18.0. The number of benzene rings is 1. The third-order valence-electron chi connectivity index (χ3n) is 5.05. The first-order valence-corrected chi connectivity index (χ1v) is 10.2. The van der Waals surface area contributed by atoms with Crippen LogP contribution in [-0.2, 0) is 16.8 Å². The second kappa shape index (κ2) is 9.56. The van der Waals surface area contributed by atoms with E-state index in [-0.39, 0.29) is 29.4 Å². The highest BCUT2D eigenvalue weighted by molar-refractivity contribution is 5.95. The molecule has 14 heteroatoms. The summed E-state index contributed by atoms with van der Waals surface area (Å²) in [5.74, 6) is 1.24. The number of carbonyl (C=O) groups is 2. The van der Waals surface area contributed by atoms with E-state index >= 15 is 0 Å². The monoisotopic (exact) mass is 518 g/mol. The molecule has 192 valence electrons. The number of nitrogens with one attached hydrogen (secondary N) is 2. The van der Waals surface area contributed by atoms with Crippen molar-refractivity contribution in [1.82, 2.24) is 10.3 Å². The molecule has 0 saturated heterocycles. The van der Waals surface area contributed by atoms with Crippen LogP contribution in [0.5, 0.6) is 0 Å². The number of aromatic nitrogens is 1. The molecule has 1 aromatic heterocycles. The Morgan fingerprint density at radius 3 is 2.36 bits per heavy atom. The minimum absolute atomic E-state index is 0.000221. The molecular formula is C22H17F7N4O3. The van der Waals surface area contributed by atoms with Gasteiger partial charge in [0.05, 0.1) is 0 Å². The van der Waals surface area contributed by atoms with Gasteiger partial charge in [0.25, 0.3) is 0 Å². The van der Waals surface area contributed by atoms with E-state index in [0.717, 1.165) is 6.07 Å². The molecule has 2 amide bonds. The molecule has 1 aliphatic heterocycles. The van der Waals surface area contributed by atoms with Gasteiger partial charge in [0.15, 0.2) is 0 Å². The third kappa shape index (κ3) is 5.96. The quantitative estimate of drug-likeness (QED) is 0.349. The summed E-state index contributed by atoms with van der Waals surface area (Å²) in [5.41, 5.74) is 2.55. The molecule has 1 unspecified atom stereocenters. The van der Waals surface area contributed by atoms with Crippen LogP contribution in [0.25, 0.3) is 0 Å². The van der Waals surface area contributed by atoms with Crippen molar-refractivity contribution in [3.63, 3.8) is 0 Å². The maximum atomic E-state index is 14.8. The maximum absolute atomic E-state index is 14.8. The van der Waals surface area contributed by atoms with E-state index in [2.05, 4.69) is 22.1 Å². The molecule has 5 N–H and O–H groups in total. The molecule has 2 aliphatic rings. The number of anilines is 2. The number of nitrogen functional groups attached to an aromatic ring is 1. The van der Waals surface area contributed by atoms with Crippen molar-refractivity contribution < 1.29 is 45.4 Å². The molecule has 0 spiro atoms. The minimum atomic E-state index is -5.08. The van der Waals surface area contributed by atoms with E-state index in [1.54, 1.807) is 18.2 Å². The molecule has 4 rings (SSSR count). The van der Waals surface area contributed by atoms with Crippen molar-refractivity contribution in [2.24, 2.45) is 5.92 Å². The number of pyridine rings is 1. The number of rotatable bonds is 2. The Labute approximate surface area is 198 Å². The number of nitrogens with two attached hydrogens (primary N) is 1. The average molecular weight is 518 g/mol. The summed E-state index contributed by atoms with van der Waals surface area (Å²) in [6, 6.07) is 5.73. The number of aliphatic carboxylic acids is 1. The molecule has 0 bridgehead atoms. The fourth-order valence-corrected chi connectivity index (χ4v) is 3.18. The van der Waals surface area contributed by atoms with Crippen molar-refractivity contribution in [2.45, 2.75) is 37.2 Å². The Hall–Kier alpha value is -4.02. The van der Waals surface area contributed by atoms with Crippen LogP contribution in [0.2, 0.25) is 0 Å². The molecular weight excluding hydrogens is 501 g/mol.